The third-order valence-electron chi connectivity index (χ3n) is 3.02. The smallest absolute Gasteiger partial charge is 0.227 e. The second kappa shape index (κ2) is 5.03. The van der Waals surface area contributed by atoms with Crippen molar-refractivity contribution >= 4 is 21.6 Å². The maximum Gasteiger partial charge on any atom is 0.227 e. The molecule has 100 valence electrons. The zero-order valence-corrected chi connectivity index (χ0v) is 11.1. The number of amides is 1. The fourth-order valence-electron chi connectivity index (χ4n) is 2.29. The van der Waals surface area contributed by atoms with Crippen molar-refractivity contribution in [3.63, 3.8) is 0 Å². The van der Waals surface area contributed by atoms with Gasteiger partial charge in [-0.1, -0.05) is 18.1 Å². The number of para-hydroxylation sites is 1. The van der Waals surface area contributed by atoms with E-state index in [1.54, 1.807) is 24.3 Å². The Morgan fingerprint density at radius 3 is 2.74 bits per heavy atom. The molecule has 1 fully saturated rings. The standard InChI is InChI=1S/C13H14N2O3S/c1-2-11-5-3-4-6-12(11)15-8-10(7-13(15)16)9-19(14,17)18/h1,3-6,10H,7-9H2,(H2,14,17,18). The molecule has 1 saturated heterocycles. The van der Waals surface area contributed by atoms with Crippen molar-refractivity contribution in [2.24, 2.45) is 11.1 Å². The number of carbonyl (C=O) groups excluding carboxylic acids is 1. The van der Waals surface area contributed by atoms with Crippen LogP contribution < -0.4 is 10.0 Å². The molecule has 2 rings (SSSR count). The molecular weight excluding hydrogens is 264 g/mol. The van der Waals surface area contributed by atoms with E-state index in [9.17, 15) is 13.2 Å². The fourth-order valence-corrected chi connectivity index (χ4v) is 3.17. The zero-order valence-electron chi connectivity index (χ0n) is 10.2. The summed E-state index contributed by atoms with van der Waals surface area (Å²) in [5.41, 5.74) is 1.26. The lowest BCUT2D eigenvalue weighted by Gasteiger charge is -2.18. The van der Waals surface area contributed by atoms with E-state index in [0.29, 0.717) is 17.8 Å². The van der Waals surface area contributed by atoms with Gasteiger partial charge in [-0.15, -0.1) is 6.42 Å². The van der Waals surface area contributed by atoms with Crippen molar-refractivity contribution < 1.29 is 13.2 Å². The zero-order chi connectivity index (χ0) is 14.0. The molecule has 0 saturated carbocycles. The van der Waals surface area contributed by atoms with E-state index in [-0.39, 0.29) is 24.0 Å². The van der Waals surface area contributed by atoms with Crippen LogP contribution in [-0.2, 0) is 14.8 Å². The molecule has 0 radical (unpaired) electrons. The molecule has 5 nitrogen and oxygen atoms in total. The molecular formula is C13H14N2O3S. The lowest BCUT2D eigenvalue weighted by molar-refractivity contribution is -0.117. The number of rotatable bonds is 3. The van der Waals surface area contributed by atoms with Crippen LogP contribution >= 0.6 is 0 Å². The first kappa shape index (κ1) is 13.6. The van der Waals surface area contributed by atoms with Gasteiger partial charge in [-0.05, 0) is 12.1 Å². The Labute approximate surface area is 112 Å². The summed E-state index contributed by atoms with van der Waals surface area (Å²) in [5.74, 6) is 1.92. The van der Waals surface area contributed by atoms with E-state index in [1.165, 1.54) is 4.90 Å². The number of terminal acetylenes is 1. The number of sulfonamides is 1. The molecule has 1 aromatic rings. The van der Waals surface area contributed by atoms with Gasteiger partial charge in [0.15, 0.2) is 0 Å². The van der Waals surface area contributed by atoms with Gasteiger partial charge in [0, 0.05) is 24.4 Å². The summed E-state index contributed by atoms with van der Waals surface area (Å²) in [7, 11) is -3.57. The van der Waals surface area contributed by atoms with Gasteiger partial charge in [0.2, 0.25) is 15.9 Å². The van der Waals surface area contributed by atoms with Crippen LogP contribution in [0.15, 0.2) is 24.3 Å². The lowest BCUT2D eigenvalue weighted by atomic mass is 10.1. The largest absolute Gasteiger partial charge is 0.311 e. The van der Waals surface area contributed by atoms with Crippen molar-refractivity contribution in [2.75, 3.05) is 17.2 Å². The Bertz CT molecular complexity index is 646. The topological polar surface area (TPSA) is 80.5 Å². The van der Waals surface area contributed by atoms with Crippen LogP contribution in [0.2, 0.25) is 0 Å². The number of nitrogens with two attached hydrogens (primary N) is 1. The number of primary sulfonamides is 1. The number of carbonyl (C=O) groups is 1. The summed E-state index contributed by atoms with van der Waals surface area (Å²) in [5, 5.41) is 5.01. The van der Waals surface area contributed by atoms with Crippen LogP contribution in [0.3, 0.4) is 0 Å². The summed E-state index contributed by atoms with van der Waals surface area (Å²) >= 11 is 0. The molecule has 2 N–H and O–H groups in total. The highest BCUT2D eigenvalue weighted by Crippen LogP contribution is 2.28. The first-order valence-electron chi connectivity index (χ1n) is 5.77. The van der Waals surface area contributed by atoms with Gasteiger partial charge in [0.05, 0.1) is 11.4 Å². The van der Waals surface area contributed by atoms with E-state index in [1.807, 2.05) is 0 Å². The fraction of sp³-hybridized carbons (Fsp3) is 0.308. The SMILES string of the molecule is C#Cc1ccccc1N1CC(CS(N)(=O)=O)CC1=O. The molecule has 1 aromatic carbocycles. The summed E-state index contributed by atoms with van der Waals surface area (Å²) in [6.07, 6.45) is 5.57. The molecule has 1 unspecified atom stereocenters. The Morgan fingerprint density at radius 2 is 2.11 bits per heavy atom. The Kier molecular flexibility index (Phi) is 3.60. The summed E-state index contributed by atoms with van der Waals surface area (Å²) in [6.45, 7) is 0.327. The highest BCUT2D eigenvalue weighted by Gasteiger charge is 2.33. The van der Waals surface area contributed by atoms with Crippen molar-refractivity contribution in [1.29, 1.82) is 0 Å². The quantitative estimate of drug-likeness (QED) is 0.808. The third kappa shape index (κ3) is 3.13. The van der Waals surface area contributed by atoms with Gasteiger partial charge in [-0.3, -0.25) is 4.79 Å². The van der Waals surface area contributed by atoms with Crippen LogP contribution in [0.25, 0.3) is 0 Å². The van der Waals surface area contributed by atoms with Crippen LogP contribution in [0.4, 0.5) is 5.69 Å². The highest BCUT2D eigenvalue weighted by atomic mass is 32.2. The number of hydrogen-bond donors (Lipinski definition) is 1. The van der Waals surface area contributed by atoms with Gasteiger partial charge < -0.3 is 4.90 Å². The molecule has 0 aromatic heterocycles. The molecule has 1 atom stereocenters. The Hall–Kier alpha value is -1.84. The van der Waals surface area contributed by atoms with Crippen molar-refractivity contribution in [2.45, 2.75) is 6.42 Å². The van der Waals surface area contributed by atoms with Crippen molar-refractivity contribution in [3.05, 3.63) is 29.8 Å². The van der Waals surface area contributed by atoms with Gasteiger partial charge in [0.25, 0.3) is 0 Å². The highest BCUT2D eigenvalue weighted by molar-refractivity contribution is 7.89. The van der Waals surface area contributed by atoms with E-state index in [2.05, 4.69) is 5.92 Å². The molecule has 0 aliphatic carbocycles. The predicted octanol–water partition coefficient (Wildman–Crippen LogP) is 0.309. The average molecular weight is 278 g/mol. The van der Waals surface area contributed by atoms with E-state index in [4.69, 9.17) is 11.6 Å². The lowest BCUT2D eigenvalue weighted by Crippen LogP contribution is -2.28. The minimum atomic E-state index is -3.57. The maximum atomic E-state index is 12.0. The molecule has 0 spiro atoms. The summed E-state index contributed by atoms with van der Waals surface area (Å²) in [6, 6.07) is 7.08. The number of hydrogen-bond acceptors (Lipinski definition) is 3. The number of benzene rings is 1. The summed E-state index contributed by atoms with van der Waals surface area (Å²) < 4.78 is 22.2. The molecule has 1 amide bonds. The van der Waals surface area contributed by atoms with Crippen molar-refractivity contribution in [1.82, 2.24) is 0 Å². The van der Waals surface area contributed by atoms with E-state index < -0.39 is 10.0 Å². The second-order valence-corrected chi connectivity index (χ2v) is 6.22. The average Bonchev–Trinajstić information content (AvgIpc) is 2.67. The second-order valence-electron chi connectivity index (χ2n) is 4.57. The van der Waals surface area contributed by atoms with Crippen molar-refractivity contribution in [3.8, 4) is 12.3 Å². The number of nitrogens with zero attached hydrogens (tertiary/aromatic N) is 1. The molecule has 1 aliphatic heterocycles. The molecule has 1 heterocycles. The minimum absolute atomic E-state index is 0.128. The molecule has 6 heteroatoms. The van der Waals surface area contributed by atoms with Crippen LogP contribution in [0.5, 0.6) is 0 Å². The van der Waals surface area contributed by atoms with Crippen LogP contribution in [0, 0.1) is 18.3 Å². The Morgan fingerprint density at radius 1 is 1.42 bits per heavy atom. The van der Waals surface area contributed by atoms with E-state index >= 15 is 0 Å². The minimum Gasteiger partial charge on any atom is -0.311 e. The van der Waals surface area contributed by atoms with Gasteiger partial charge in [-0.25, -0.2) is 13.6 Å². The maximum absolute atomic E-state index is 12.0. The number of anilines is 1. The first-order valence-corrected chi connectivity index (χ1v) is 7.49. The third-order valence-corrected chi connectivity index (χ3v) is 3.96. The van der Waals surface area contributed by atoms with Crippen LogP contribution in [-0.4, -0.2) is 26.6 Å². The van der Waals surface area contributed by atoms with Gasteiger partial charge in [0.1, 0.15) is 0 Å². The van der Waals surface area contributed by atoms with Gasteiger partial charge in [-0.2, -0.15) is 0 Å². The predicted molar refractivity (Wildman–Crippen MR) is 72.8 cm³/mol. The molecule has 0 bridgehead atoms. The Balaban J connectivity index is 2.24. The van der Waals surface area contributed by atoms with Gasteiger partial charge >= 0.3 is 0 Å². The van der Waals surface area contributed by atoms with Crippen LogP contribution in [0.1, 0.15) is 12.0 Å². The first-order chi connectivity index (χ1) is 8.90. The molecule has 19 heavy (non-hydrogen) atoms. The summed E-state index contributed by atoms with van der Waals surface area (Å²) in [4.78, 5) is 13.5. The molecule has 1 aliphatic rings. The monoisotopic (exact) mass is 278 g/mol. The van der Waals surface area contributed by atoms with E-state index in [0.717, 1.165) is 0 Å². The normalized spacial score (nSPS) is 19.5.